The molecule has 1 heterocycles. The zero-order valence-electron chi connectivity index (χ0n) is 5.27. The Morgan fingerprint density at radius 2 is 2.09 bits per heavy atom. The molecule has 0 fully saturated rings. The number of carbonyl (C=O) groups excluding carboxylic acids is 1. The number of halogens is 1. The molecule has 11 heavy (non-hydrogen) atoms. The summed E-state index contributed by atoms with van der Waals surface area (Å²) in [4.78, 5) is 10.5. The van der Waals surface area contributed by atoms with E-state index in [0.717, 1.165) is 0 Å². The number of hydrogen-bond acceptors (Lipinski definition) is 7. The molecule has 0 atom stereocenters. The van der Waals surface area contributed by atoms with E-state index in [9.17, 15) is 4.79 Å². The van der Waals surface area contributed by atoms with Crippen molar-refractivity contribution in [2.75, 3.05) is 5.88 Å². The average Bonchev–Trinajstić information content (AvgIpc) is 2.36. The van der Waals surface area contributed by atoms with E-state index in [0.29, 0.717) is 0 Å². The van der Waals surface area contributed by atoms with Crippen molar-refractivity contribution in [1.82, 2.24) is 0 Å². The van der Waals surface area contributed by atoms with Crippen LogP contribution in [-0.4, -0.2) is 17.8 Å². The van der Waals surface area contributed by atoms with Crippen LogP contribution in [0.4, 0.5) is 0 Å². The van der Waals surface area contributed by atoms with Crippen LogP contribution in [-0.2, 0) is 9.53 Å². The maximum Gasteiger partial charge on any atom is 0.402 e. The Morgan fingerprint density at radius 3 is 2.55 bits per heavy atom. The van der Waals surface area contributed by atoms with Crippen LogP contribution in [0.1, 0.15) is 0 Å². The van der Waals surface area contributed by atoms with Gasteiger partial charge in [0.25, 0.3) is 0 Å². The lowest BCUT2D eigenvalue weighted by Gasteiger charge is -2.11. The first-order valence-corrected chi connectivity index (χ1v) is 3.10. The molecule has 0 unspecified atom stereocenters. The molecule has 1 rings (SSSR count). The molecule has 0 saturated heterocycles. The highest BCUT2D eigenvalue weighted by atomic mass is 35.5. The molecule has 1 aliphatic rings. The van der Waals surface area contributed by atoms with Gasteiger partial charge in [-0.25, -0.2) is 5.73 Å². The summed E-state index contributed by atoms with van der Waals surface area (Å²) in [5, 5.41) is 12.6. The van der Waals surface area contributed by atoms with Gasteiger partial charge in [0, 0.05) is 0 Å². The molecule has 0 saturated carbocycles. The van der Waals surface area contributed by atoms with Gasteiger partial charge in [0.05, 0.1) is 0 Å². The molecule has 60 valence electrons. The monoisotopic (exact) mass is 177 g/mol. The van der Waals surface area contributed by atoms with Crippen LogP contribution >= 0.6 is 11.6 Å². The fourth-order valence-electron chi connectivity index (χ4n) is 0.424. The van der Waals surface area contributed by atoms with Gasteiger partial charge in [0.2, 0.25) is 0 Å². The second-order valence-corrected chi connectivity index (χ2v) is 1.91. The van der Waals surface area contributed by atoms with Gasteiger partial charge < -0.3 is 4.74 Å². The quantitative estimate of drug-likeness (QED) is 0.369. The first-order valence-electron chi connectivity index (χ1n) is 2.57. The van der Waals surface area contributed by atoms with Crippen molar-refractivity contribution >= 4 is 17.6 Å². The third-order valence-electron chi connectivity index (χ3n) is 0.789. The van der Waals surface area contributed by atoms with Crippen molar-refractivity contribution in [2.45, 2.75) is 5.97 Å². The first kappa shape index (κ1) is 8.02. The minimum atomic E-state index is -1.80. The first-order chi connectivity index (χ1) is 5.16. The standard InChI is InChI=1S/C3H4ClN5O2/c4-1-2(10)11-3(5)6-8-9-7-3/h1,5H2. The molecule has 7 nitrogen and oxygen atoms in total. The summed E-state index contributed by atoms with van der Waals surface area (Å²) >= 11 is 5.12. The zero-order chi connectivity index (χ0) is 8.32. The highest BCUT2D eigenvalue weighted by Gasteiger charge is 2.32. The van der Waals surface area contributed by atoms with Crippen molar-refractivity contribution in [3.8, 4) is 0 Å². The SMILES string of the molecule is NC1(OC(=O)CCl)N=NN=N1. The van der Waals surface area contributed by atoms with Crippen molar-refractivity contribution in [2.24, 2.45) is 26.4 Å². The number of esters is 1. The molecular weight excluding hydrogens is 174 g/mol. The van der Waals surface area contributed by atoms with Crippen LogP contribution in [0.5, 0.6) is 0 Å². The van der Waals surface area contributed by atoms with Gasteiger partial charge in [-0.3, -0.25) is 4.79 Å². The molecule has 1 aliphatic heterocycles. The summed E-state index contributed by atoms with van der Waals surface area (Å²) in [6.07, 6.45) is 0. The smallest absolute Gasteiger partial charge is 0.400 e. The van der Waals surface area contributed by atoms with Crippen molar-refractivity contribution < 1.29 is 9.53 Å². The lowest BCUT2D eigenvalue weighted by atomic mass is 10.7. The Balaban J connectivity index is 2.54. The predicted octanol–water partition coefficient (Wildman–Crippen LogP) is 0.171. The zero-order valence-corrected chi connectivity index (χ0v) is 6.02. The van der Waals surface area contributed by atoms with Crippen molar-refractivity contribution in [3.63, 3.8) is 0 Å². The molecule has 0 spiro atoms. The Morgan fingerprint density at radius 1 is 1.55 bits per heavy atom. The topological polar surface area (TPSA) is 102 Å². The molecule has 0 amide bonds. The molecule has 0 aliphatic carbocycles. The molecule has 2 N–H and O–H groups in total. The number of rotatable bonds is 2. The maximum atomic E-state index is 10.5. The molecule has 8 heteroatoms. The lowest BCUT2D eigenvalue weighted by molar-refractivity contribution is -0.154. The maximum absolute atomic E-state index is 10.5. The van der Waals surface area contributed by atoms with E-state index in [1.807, 2.05) is 0 Å². The summed E-state index contributed by atoms with van der Waals surface area (Å²) in [5.41, 5.74) is 5.21. The third-order valence-corrected chi connectivity index (χ3v) is 1.01. The van der Waals surface area contributed by atoms with Crippen LogP contribution in [0.25, 0.3) is 0 Å². The highest BCUT2D eigenvalue weighted by Crippen LogP contribution is 2.14. The van der Waals surface area contributed by atoms with Crippen LogP contribution in [0.15, 0.2) is 20.7 Å². The molecule has 0 aromatic heterocycles. The second kappa shape index (κ2) is 2.89. The van der Waals surface area contributed by atoms with Gasteiger partial charge in [-0.05, 0) is 10.4 Å². The van der Waals surface area contributed by atoms with Gasteiger partial charge in [-0.2, -0.15) is 0 Å². The van der Waals surface area contributed by atoms with E-state index in [-0.39, 0.29) is 5.88 Å². The summed E-state index contributed by atoms with van der Waals surface area (Å²) < 4.78 is 4.43. The number of carbonyl (C=O) groups is 1. The highest BCUT2D eigenvalue weighted by molar-refractivity contribution is 6.26. The number of ether oxygens (including phenoxy) is 1. The van der Waals surface area contributed by atoms with Gasteiger partial charge in [-0.1, -0.05) is 10.2 Å². The van der Waals surface area contributed by atoms with E-state index in [2.05, 4.69) is 25.4 Å². The van der Waals surface area contributed by atoms with E-state index < -0.39 is 11.9 Å². The van der Waals surface area contributed by atoms with Crippen LogP contribution in [0, 0.1) is 0 Å². The normalized spacial score (nSPS) is 18.7. The Hall–Kier alpha value is -1.08. The second-order valence-electron chi connectivity index (χ2n) is 1.65. The van der Waals surface area contributed by atoms with Gasteiger partial charge >= 0.3 is 11.9 Å². The predicted molar refractivity (Wildman–Crippen MR) is 33.4 cm³/mol. The Labute approximate surface area is 66.2 Å². The largest absolute Gasteiger partial charge is 0.402 e. The van der Waals surface area contributed by atoms with Crippen LogP contribution in [0.3, 0.4) is 0 Å². The lowest BCUT2D eigenvalue weighted by Crippen LogP contribution is -2.39. The number of nitrogens with zero attached hydrogens (tertiary/aromatic N) is 4. The Bertz CT molecular complexity index is 214. The average molecular weight is 178 g/mol. The van der Waals surface area contributed by atoms with Gasteiger partial charge in [0.15, 0.2) is 0 Å². The molecule has 0 aromatic rings. The fourth-order valence-corrected chi connectivity index (χ4v) is 0.478. The number of hydrogen-bond donors (Lipinski definition) is 1. The minimum absolute atomic E-state index is 0.315. The summed E-state index contributed by atoms with van der Waals surface area (Å²) in [7, 11) is 0. The molecule has 0 radical (unpaired) electrons. The summed E-state index contributed by atoms with van der Waals surface area (Å²) in [6, 6.07) is 0. The molecular formula is C3H4ClN5O2. The third kappa shape index (κ3) is 1.92. The molecule has 0 bridgehead atoms. The summed E-state index contributed by atoms with van der Waals surface area (Å²) in [5.74, 6) is -2.84. The molecule has 0 aromatic carbocycles. The van der Waals surface area contributed by atoms with Gasteiger partial charge in [0.1, 0.15) is 5.88 Å². The van der Waals surface area contributed by atoms with E-state index >= 15 is 0 Å². The van der Waals surface area contributed by atoms with E-state index in [1.54, 1.807) is 0 Å². The van der Waals surface area contributed by atoms with Crippen LogP contribution < -0.4 is 5.73 Å². The number of nitrogens with two attached hydrogens (primary N) is 1. The minimum Gasteiger partial charge on any atom is -0.400 e. The van der Waals surface area contributed by atoms with Crippen molar-refractivity contribution in [3.05, 3.63) is 0 Å². The Kier molecular flexibility index (Phi) is 2.11. The summed E-state index contributed by atoms with van der Waals surface area (Å²) in [6.45, 7) is 0. The van der Waals surface area contributed by atoms with Gasteiger partial charge in [-0.15, -0.1) is 11.6 Å². The van der Waals surface area contributed by atoms with Crippen molar-refractivity contribution in [1.29, 1.82) is 0 Å². The fraction of sp³-hybridized carbons (Fsp3) is 0.667. The van der Waals surface area contributed by atoms with E-state index in [1.165, 1.54) is 0 Å². The van der Waals surface area contributed by atoms with E-state index in [4.69, 9.17) is 17.3 Å². The van der Waals surface area contributed by atoms with Crippen LogP contribution in [0.2, 0.25) is 0 Å². The number of alkyl halides is 1.